The number of amides is 1. The quantitative estimate of drug-likeness (QED) is 0.0243. The van der Waals surface area contributed by atoms with E-state index < -0.39 is 20.0 Å². The van der Waals surface area contributed by atoms with E-state index in [0.717, 1.165) is 38.5 Å². The van der Waals surface area contributed by atoms with Crippen LogP contribution >= 0.6 is 7.82 Å². The third-order valence-electron chi connectivity index (χ3n) is 13.4. The Morgan fingerprint density at radius 2 is 0.806 bits per heavy atom. The molecule has 3 atom stereocenters. The number of likely N-dealkylation sites (N-methyl/N-ethyl adjacent to an activating group) is 1. The minimum Gasteiger partial charge on any atom is -0.387 e. The normalized spacial score (nSPS) is 14.1. The van der Waals surface area contributed by atoms with Crippen LogP contribution in [0.3, 0.4) is 0 Å². The fourth-order valence-electron chi connectivity index (χ4n) is 8.80. The highest BCUT2D eigenvalue weighted by atomic mass is 31.2. The van der Waals surface area contributed by atoms with E-state index in [1.807, 2.05) is 27.2 Å². The third-order valence-corrected chi connectivity index (χ3v) is 14.4. The predicted octanol–water partition coefficient (Wildman–Crippen LogP) is 17.6. The minimum atomic E-state index is -4.35. The van der Waals surface area contributed by atoms with Crippen LogP contribution in [0.15, 0.2) is 24.3 Å². The van der Waals surface area contributed by atoms with Gasteiger partial charge < -0.3 is 19.8 Å². The van der Waals surface area contributed by atoms with Crippen LogP contribution in [-0.4, -0.2) is 73.4 Å². The number of rotatable bonds is 54. The summed E-state index contributed by atoms with van der Waals surface area (Å²) < 4.78 is 23.7. The molecule has 3 unspecified atom stereocenters. The van der Waals surface area contributed by atoms with Crippen molar-refractivity contribution < 1.29 is 32.9 Å². The van der Waals surface area contributed by atoms with Crippen LogP contribution in [0.5, 0.6) is 0 Å². The summed E-state index contributed by atoms with van der Waals surface area (Å²) in [6.07, 6.45) is 62.8. The van der Waals surface area contributed by atoms with Crippen molar-refractivity contribution in [2.75, 3.05) is 40.9 Å². The molecule has 0 saturated heterocycles. The number of hydrogen-bond donors (Lipinski definition) is 3. The van der Waals surface area contributed by atoms with Gasteiger partial charge in [0.2, 0.25) is 5.91 Å². The van der Waals surface area contributed by atoms with Crippen LogP contribution in [0.4, 0.5) is 0 Å². The number of nitrogens with zero attached hydrogens (tertiary/aromatic N) is 1. The SMILES string of the molecule is CCCCCCCCC/C=C\CCCCCCCCCC(=O)NC(COP(=O)(O)OCC[N+](C)(C)C)C(O)/C=C/CCCCCCCCCCCCCCCCCCCCCCCCCCC. The van der Waals surface area contributed by atoms with Gasteiger partial charge in [-0.3, -0.25) is 13.8 Å². The number of phosphoric acid groups is 1. The van der Waals surface area contributed by atoms with E-state index in [4.69, 9.17) is 9.05 Å². The average molecular weight is 969 g/mol. The first-order valence-electron chi connectivity index (χ1n) is 29.2. The molecule has 0 rings (SSSR count). The van der Waals surface area contributed by atoms with E-state index in [9.17, 15) is 19.4 Å². The maximum absolute atomic E-state index is 13.0. The molecule has 67 heavy (non-hydrogen) atoms. The van der Waals surface area contributed by atoms with Crippen molar-refractivity contribution >= 4 is 13.7 Å². The molecular formula is C58H116N2O6P+. The molecule has 0 aliphatic heterocycles. The molecular weight excluding hydrogens is 852 g/mol. The fraction of sp³-hybridized carbons (Fsp3) is 0.914. The smallest absolute Gasteiger partial charge is 0.387 e. The third kappa shape index (κ3) is 52.6. The second kappa shape index (κ2) is 49.9. The number of unbranched alkanes of at least 4 members (excludes halogenated alkanes) is 39. The summed E-state index contributed by atoms with van der Waals surface area (Å²) in [5, 5.41) is 13.9. The molecule has 1 amide bonds. The molecule has 0 aromatic rings. The van der Waals surface area contributed by atoms with E-state index in [0.29, 0.717) is 17.4 Å². The van der Waals surface area contributed by atoms with Gasteiger partial charge in [-0.05, 0) is 44.9 Å². The molecule has 0 aromatic heterocycles. The molecule has 0 fully saturated rings. The van der Waals surface area contributed by atoms with Gasteiger partial charge in [0.1, 0.15) is 13.2 Å². The predicted molar refractivity (Wildman–Crippen MR) is 291 cm³/mol. The zero-order chi connectivity index (χ0) is 49.2. The van der Waals surface area contributed by atoms with Gasteiger partial charge in [-0.15, -0.1) is 0 Å². The van der Waals surface area contributed by atoms with Crippen molar-refractivity contribution in [3.63, 3.8) is 0 Å². The number of allylic oxidation sites excluding steroid dienone is 3. The summed E-state index contributed by atoms with van der Waals surface area (Å²) in [6.45, 7) is 4.85. The van der Waals surface area contributed by atoms with Crippen LogP contribution in [0.2, 0.25) is 0 Å². The van der Waals surface area contributed by atoms with Gasteiger partial charge in [0, 0.05) is 6.42 Å². The molecule has 9 heteroatoms. The number of phosphoric ester groups is 1. The molecule has 0 aliphatic rings. The van der Waals surface area contributed by atoms with E-state index in [2.05, 4.69) is 31.3 Å². The Kier molecular flexibility index (Phi) is 49.2. The number of hydrogen-bond acceptors (Lipinski definition) is 5. The van der Waals surface area contributed by atoms with Crippen molar-refractivity contribution in [3.8, 4) is 0 Å². The molecule has 8 nitrogen and oxygen atoms in total. The van der Waals surface area contributed by atoms with Crippen LogP contribution in [0, 0.1) is 0 Å². The number of nitrogens with one attached hydrogen (secondary N) is 1. The first-order valence-corrected chi connectivity index (χ1v) is 30.7. The highest BCUT2D eigenvalue weighted by Gasteiger charge is 2.27. The molecule has 398 valence electrons. The minimum absolute atomic E-state index is 0.0623. The lowest BCUT2D eigenvalue weighted by atomic mass is 10.0. The zero-order valence-electron chi connectivity index (χ0n) is 45.4. The average Bonchev–Trinajstić information content (AvgIpc) is 3.29. The van der Waals surface area contributed by atoms with Crippen molar-refractivity contribution in [2.45, 2.75) is 302 Å². The van der Waals surface area contributed by atoms with Crippen LogP contribution in [0.1, 0.15) is 290 Å². The summed E-state index contributed by atoms with van der Waals surface area (Å²) in [5.41, 5.74) is 0. The molecule has 0 spiro atoms. The Balaban J connectivity index is 4.17. The Hall–Kier alpha value is -1.02. The Bertz CT molecular complexity index is 1140. The van der Waals surface area contributed by atoms with Gasteiger partial charge in [-0.25, -0.2) is 4.57 Å². The highest BCUT2D eigenvalue weighted by Crippen LogP contribution is 2.43. The van der Waals surface area contributed by atoms with Crippen molar-refractivity contribution in [2.24, 2.45) is 0 Å². The molecule has 0 aliphatic carbocycles. The van der Waals surface area contributed by atoms with Gasteiger partial charge in [0.25, 0.3) is 0 Å². The topological polar surface area (TPSA) is 105 Å². The second-order valence-electron chi connectivity index (χ2n) is 21.4. The summed E-state index contributed by atoms with van der Waals surface area (Å²) in [7, 11) is 1.58. The van der Waals surface area contributed by atoms with Gasteiger partial charge in [0.05, 0.1) is 39.9 Å². The first kappa shape index (κ1) is 66.0. The van der Waals surface area contributed by atoms with Crippen LogP contribution in [-0.2, 0) is 18.4 Å². The molecule has 0 aromatic carbocycles. The molecule has 0 radical (unpaired) electrons. The highest BCUT2D eigenvalue weighted by molar-refractivity contribution is 7.47. The van der Waals surface area contributed by atoms with Crippen LogP contribution < -0.4 is 5.32 Å². The van der Waals surface area contributed by atoms with E-state index in [1.165, 1.54) is 231 Å². The monoisotopic (exact) mass is 968 g/mol. The van der Waals surface area contributed by atoms with Gasteiger partial charge in [0.15, 0.2) is 0 Å². The number of aliphatic hydroxyl groups excluding tert-OH is 1. The number of carbonyl (C=O) groups is 1. The maximum atomic E-state index is 13.0. The first-order chi connectivity index (χ1) is 32.5. The van der Waals surface area contributed by atoms with E-state index in [-0.39, 0.29) is 19.1 Å². The van der Waals surface area contributed by atoms with Gasteiger partial charge >= 0.3 is 7.82 Å². The Labute approximate surface area is 417 Å². The van der Waals surface area contributed by atoms with Gasteiger partial charge in [-0.1, -0.05) is 263 Å². The molecule has 0 heterocycles. The number of aliphatic hydroxyl groups is 1. The largest absolute Gasteiger partial charge is 0.472 e. The summed E-state index contributed by atoms with van der Waals surface area (Å²) in [6, 6.07) is -0.847. The summed E-state index contributed by atoms with van der Waals surface area (Å²) >= 11 is 0. The Morgan fingerprint density at radius 1 is 0.493 bits per heavy atom. The van der Waals surface area contributed by atoms with Crippen LogP contribution in [0.25, 0.3) is 0 Å². The van der Waals surface area contributed by atoms with E-state index >= 15 is 0 Å². The van der Waals surface area contributed by atoms with E-state index in [1.54, 1.807) is 6.08 Å². The second-order valence-corrected chi connectivity index (χ2v) is 22.8. The lowest BCUT2D eigenvalue weighted by Gasteiger charge is -2.25. The summed E-state index contributed by atoms with van der Waals surface area (Å²) in [5.74, 6) is -0.178. The lowest BCUT2D eigenvalue weighted by Crippen LogP contribution is -2.45. The molecule has 0 bridgehead atoms. The maximum Gasteiger partial charge on any atom is 0.472 e. The number of quaternary nitrogens is 1. The van der Waals surface area contributed by atoms with Crippen molar-refractivity contribution in [1.82, 2.24) is 5.32 Å². The van der Waals surface area contributed by atoms with Crippen molar-refractivity contribution in [1.29, 1.82) is 0 Å². The fourth-order valence-corrected chi connectivity index (χ4v) is 9.54. The summed E-state index contributed by atoms with van der Waals surface area (Å²) in [4.78, 5) is 23.3. The molecule has 0 saturated carbocycles. The Morgan fingerprint density at radius 3 is 1.15 bits per heavy atom. The van der Waals surface area contributed by atoms with Crippen molar-refractivity contribution in [3.05, 3.63) is 24.3 Å². The lowest BCUT2D eigenvalue weighted by molar-refractivity contribution is -0.870. The number of carbonyl (C=O) groups excluding carboxylic acids is 1. The zero-order valence-corrected chi connectivity index (χ0v) is 46.3. The standard InChI is InChI=1S/C58H115N2O6P/c1-6-8-10-12-14-16-18-20-22-24-26-27-28-29-30-31-32-33-34-35-37-39-41-43-45-47-49-51-57(61)56(55-66-67(63,64)65-54-53-60(3,4)5)59-58(62)52-50-48-46-44-42-40-38-36-25-23-21-19-17-15-13-11-9-7-2/h23,25,49,51,56-57,61H,6-22,24,26-48,50,52-55H2,1-5H3,(H-,59,62,63,64)/p+1/b25-23-,51-49+. The van der Waals surface area contributed by atoms with Gasteiger partial charge in [-0.2, -0.15) is 0 Å². The molecule has 3 N–H and O–H groups in total.